The number of fused-ring (bicyclic) bond motifs is 1. The van der Waals surface area contributed by atoms with Gasteiger partial charge in [-0.25, -0.2) is 4.79 Å². The van der Waals surface area contributed by atoms with Gasteiger partial charge in [-0.15, -0.1) is 0 Å². The van der Waals surface area contributed by atoms with E-state index < -0.39 is 5.97 Å². The smallest absolute Gasteiger partial charge is 0.356 e. The Morgan fingerprint density at radius 2 is 1.71 bits per heavy atom. The van der Waals surface area contributed by atoms with E-state index in [1.54, 1.807) is 31.4 Å². The Kier molecular flexibility index (Phi) is 3.23. The number of methoxy groups -OCH3 is 1. The van der Waals surface area contributed by atoms with E-state index in [1.165, 1.54) is 0 Å². The molecule has 3 aromatic rings. The number of nitrogens with one attached hydrogen (secondary N) is 1. The Balaban J connectivity index is 2.05. The van der Waals surface area contributed by atoms with Gasteiger partial charge in [-0.1, -0.05) is 12.1 Å². The van der Waals surface area contributed by atoms with Crippen LogP contribution in [0.15, 0.2) is 48.5 Å². The van der Waals surface area contributed by atoms with Crippen LogP contribution in [0.3, 0.4) is 0 Å². The van der Waals surface area contributed by atoms with E-state index in [9.17, 15) is 9.90 Å². The summed E-state index contributed by atoms with van der Waals surface area (Å²) in [5.41, 5.74) is 0.755. The van der Waals surface area contributed by atoms with E-state index in [1.807, 2.05) is 24.3 Å². The standard InChI is InChI=1S/C16H13NO4/c1-20-10-6-8-11(9-7-10)21-15-12-4-2-3-5-13(12)17-14(15)16(18)19/h2-9,17H,1H3,(H,18,19). The monoisotopic (exact) mass is 283 g/mol. The molecule has 0 fully saturated rings. The molecule has 0 saturated heterocycles. The van der Waals surface area contributed by atoms with E-state index in [2.05, 4.69) is 4.98 Å². The number of rotatable bonds is 4. The second-order valence-electron chi connectivity index (χ2n) is 4.46. The molecule has 106 valence electrons. The van der Waals surface area contributed by atoms with Crippen LogP contribution in [0.5, 0.6) is 17.2 Å². The maximum Gasteiger partial charge on any atom is 0.356 e. The normalized spacial score (nSPS) is 10.5. The summed E-state index contributed by atoms with van der Waals surface area (Å²) in [6.45, 7) is 0. The predicted molar refractivity (Wildman–Crippen MR) is 78.3 cm³/mol. The van der Waals surface area contributed by atoms with Crippen molar-refractivity contribution in [3.63, 3.8) is 0 Å². The molecule has 1 aromatic heterocycles. The molecule has 1 heterocycles. The highest BCUT2D eigenvalue weighted by molar-refractivity contribution is 6.00. The van der Waals surface area contributed by atoms with Crippen molar-refractivity contribution in [3.05, 3.63) is 54.2 Å². The average molecular weight is 283 g/mol. The molecule has 2 N–H and O–H groups in total. The fourth-order valence-electron chi connectivity index (χ4n) is 2.13. The molecule has 21 heavy (non-hydrogen) atoms. The minimum absolute atomic E-state index is 0.0343. The van der Waals surface area contributed by atoms with Crippen molar-refractivity contribution >= 4 is 16.9 Å². The van der Waals surface area contributed by atoms with Crippen LogP contribution in [0.2, 0.25) is 0 Å². The molecular formula is C16H13NO4. The van der Waals surface area contributed by atoms with E-state index in [-0.39, 0.29) is 5.69 Å². The van der Waals surface area contributed by atoms with Gasteiger partial charge in [-0.05, 0) is 36.4 Å². The summed E-state index contributed by atoms with van der Waals surface area (Å²) in [6.07, 6.45) is 0. The fourth-order valence-corrected chi connectivity index (χ4v) is 2.13. The Morgan fingerprint density at radius 1 is 1.05 bits per heavy atom. The van der Waals surface area contributed by atoms with Gasteiger partial charge in [0.15, 0.2) is 11.4 Å². The second-order valence-corrected chi connectivity index (χ2v) is 4.46. The van der Waals surface area contributed by atoms with Crippen LogP contribution in [0.1, 0.15) is 10.5 Å². The highest BCUT2D eigenvalue weighted by Crippen LogP contribution is 2.34. The first kappa shape index (κ1) is 13.1. The largest absolute Gasteiger partial charge is 0.497 e. The lowest BCUT2D eigenvalue weighted by molar-refractivity contribution is 0.0689. The molecule has 3 rings (SSSR count). The van der Waals surface area contributed by atoms with E-state index in [0.29, 0.717) is 17.2 Å². The molecule has 0 spiro atoms. The Morgan fingerprint density at radius 3 is 2.38 bits per heavy atom. The zero-order valence-electron chi connectivity index (χ0n) is 11.3. The first-order valence-electron chi connectivity index (χ1n) is 6.35. The van der Waals surface area contributed by atoms with Gasteiger partial charge in [-0.2, -0.15) is 0 Å². The summed E-state index contributed by atoms with van der Waals surface area (Å²) in [7, 11) is 1.58. The summed E-state index contributed by atoms with van der Waals surface area (Å²) in [5, 5.41) is 10.0. The molecule has 5 heteroatoms. The second kappa shape index (κ2) is 5.20. The number of ether oxygens (including phenoxy) is 2. The van der Waals surface area contributed by atoms with Crippen molar-refractivity contribution in [1.29, 1.82) is 0 Å². The molecule has 0 saturated carbocycles. The molecule has 0 aliphatic heterocycles. The zero-order valence-corrected chi connectivity index (χ0v) is 11.3. The van der Waals surface area contributed by atoms with Gasteiger partial charge in [0.25, 0.3) is 0 Å². The van der Waals surface area contributed by atoms with Gasteiger partial charge in [0, 0.05) is 10.9 Å². The summed E-state index contributed by atoms with van der Waals surface area (Å²) in [4.78, 5) is 14.2. The average Bonchev–Trinajstić information content (AvgIpc) is 2.87. The van der Waals surface area contributed by atoms with Gasteiger partial charge in [0.05, 0.1) is 7.11 Å². The van der Waals surface area contributed by atoms with Gasteiger partial charge in [0.1, 0.15) is 11.5 Å². The van der Waals surface area contributed by atoms with E-state index in [4.69, 9.17) is 9.47 Å². The molecule has 0 aliphatic carbocycles. The molecule has 0 bridgehead atoms. The lowest BCUT2D eigenvalue weighted by Gasteiger charge is -2.06. The third-order valence-corrected chi connectivity index (χ3v) is 3.15. The summed E-state index contributed by atoms with van der Waals surface area (Å²) < 4.78 is 10.8. The molecule has 0 unspecified atom stereocenters. The molecule has 2 aromatic carbocycles. The third-order valence-electron chi connectivity index (χ3n) is 3.15. The number of aromatic amines is 1. The third kappa shape index (κ3) is 2.41. The van der Waals surface area contributed by atoms with Crippen LogP contribution < -0.4 is 9.47 Å². The number of H-pyrrole nitrogens is 1. The number of aromatic nitrogens is 1. The molecule has 0 amide bonds. The number of carbonyl (C=O) groups is 1. The Labute approximate surface area is 120 Å². The number of aromatic carboxylic acids is 1. The lowest BCUT2D eigenvalue weighted by atomic mass is 10.2. The minimum Gasteiger partial charge on any atom is -0.497 e. The lowest BCUT2D eigenvalue weighted by Crippen LogP contribution is -1.99. The topological polar surface area (TPSA) is 71.6 Å². The van der Waals surface area contributed by atoms with E-state index in [0.717, 1.165) is 10.9 Å². The number of benzene rings is 2. The van der Waals surface area contributed by atoms with Crippen LogP contribution in [0.25, 0.3) is 10.9 Å². The maximum atomic E-state index is 11.4. The predicted octanol–water partition coefficient (Wildman–Crippen LogP) is 3.67. The van der Waals surface area contributed by atoms with Gasteiger partial charge in [-0.3, -0.25) is 0 Å². The van der Waals surface area contributed by atoms with Gasteiger partial charge in [0.2, 0.25) is 0 Å². The first-order valence-corrected chi connectivity index (χ1v) is 6.35. The fraction of sp³-hybridized carbons (Fsp3) is 0.0625. The summed E-state index contributed by atoms with van der Waals surface area (Å²) >= 11 is 0. The van der Waals surface area contributed by atoms with Crippen molar-refractivity contribution in [1.82, 2.24) is 4.98 Å². The molecule has 0 aliphatic rings. The van der Waals surface area contributed by atoms with Crippen LogP contribution in [-0.2, 0) is 0 Å². The summed E-state index contributed by atoms with van der Waals surface area (Å²) in [6, 6.07) is 14.3. The van der Waals surface area contributed by atoms with Crippen LogP contribution >= 0.6 is 0 Å². The summed E-state index contributed by atoms with van der Waals surface area (Å²) in [5.74, 6) is 0.501. The van der Waals surface area contributed by atoms with Gasteiger partial charge >= 0.3 is 5.97 Å². The first-order chi connectivity index (χ1) is 10.2. The van der Waals surface area contributed by atoms with Crippen molar-refractivity contribution in [3.8, 4) is 17.2 Å². The van der Waals surface area contributed by atoms with Crippen LogP contribution in [-0.4, -0.2) is 23.2 Å². The van der Waals surface area contributed by atoms with E-state index >= 15 is 0 Å². The van der Waals surface area contributed by atoms with Crippen LogP contribution in [0.4, 0.5) is 0 Å². The number of hydrogen-bond donors (Lipinski definition) is 2. The quantitative estimate of drug-likeness (QED) is 0.766. The SMILES string of the molecule is COc1ccc(Oc2c(C(=O)O)[nH]c3ccccc23)cc1. The zero-order chi connectivity index (χ0) is 14.8. The maximum absolute atomic E-state index is 11.4. The molecule has 5 nitrogen and oxygen atoms in total. The van der Waals surface area contributed by atoms with Crippen molar-refractivity contribution < 1.29 is 19.4 Å². The molecule has 0 atom stereocenters. The Hall–Kier alpha value is -2.95. The highest BCUT2D eigenvalue weighted by atomic mass is 16.5. The van der Waals surface area contributed by atoms with Gasteiger partial charge < -0.3 is 19.6 Å². The number of hydrogen-bond acceptors (Lipinski definition) is 3. The minimum atomic E-state index is -1.06. The van der Waals surface area contributed by atoms with Crippen molar-refractivity contribution in [2.24, 2.45) is 0 Å². The Bertz CT molecular complexity index is 790. The number of carboxylic acids is 1. The number of carboxylic acid groups (broad SMARTS) is 1. The molecular weight excluding hydrogens is 270 g/mol. The number of para-hydroxylation sites is 1. The van der Waals surface area contributed by atoms with Crippen LogP contribution in [0, 0.1) is 0 Å². The van der Waals surface area contributed by atoms with Crippen molar-refractivity contribution in [2.75, 3.05) is 7.11 Å². The highest BCUT2D eigenvalue weighted by Gasteiger charge is 2.18. The van der Waals surface area contributed by atoms with Crippen molar-refractivity contribution in [2.45, 2.75) is 0 Å². The molecule has 0 radical (unpaired) electrons.